The average molecular weight is 193 g/mol. The maximum atomic E-state index is 4.88. The molecule has 7 heteroatoms. The molecule has 2 aromatic rings. The maximum Gasteiger partial charge on any atom is 0.335 e. The highest BCUT2D eigenvalue weighted by atomic mass is 16.5. The smallest absolute Gasteiger partial charge is 0.335 e. The first kappa shape index (κ1) is 8.54. The fourth-order valence-electron chi connectivity index (χ4n) is 0.857. The Kier molecular flexibility index (Phi) is 2.05. The van der Waals surface area contributed by atoms with E-state index in [0.717, 1.165) is 0 Å². The molecule has 0 radical (unpaired) electrons. The first-order valence-electron chi connectivity index (χ1n) is 3.84. The normalized spacial score (nSPS) is 10.1. The molecule has 0 spiro atoms. The zero-order valence-corrected chi connectivity index (χ0v) is 7.63. The van der Waals surface area contributed by atoms with Crippen LogP contribution in [0.3, 0.4) is 0 Å². The quantitative estimate of drug-likeness (QED) is 0.674. The van der Waals surface area contributed by atoms with Gasteiger partial charge < -0.3 is 9.26 Å². The van der Waals surface area contributed by atoms with E-state index < -0.39 is 0 Å². The van der Waals surface area contributed by atoms with Crippen molar-refractivity contribution in [1.82, 2.24) is 25.3 Å². The van der Waals surface area contributed by atoms with Crippen LogP contribution in [0.2, 0.25) is 0 Å². The van der Waals surface area contributed by atoms with E-state index in [2.05, 4.69) is 25.3 Å². The molecule has 0 aliphatic rings. The summed E-state index contributed by atoms with van der Waals surface area (Å²) in [5.74, 6) is 0.836. The van der Waals surface area contributed by atoms with Gasteiger partial charge in [-0.3, -0.25) is 0 Å². The van der Waals surface area contributed by atoms with Gasteiger partial charge in [-0.25, -0.2) is 0 Å². The standard InChI is InChI=1S/C7H7N5O2/c1-4-9-6(14-12-4)5-3-8-7(13-2)11-10-5/h3H,1-2H3. The molecule has 72 valence electrons. The average Bonchev–Trinajstić information content (AvgIpc) is 2.65. The predicted octanol–water partition coefficient (Wildman–Crippen LogP) is 0.239. The molecule has 2 heterocycles. The third-order valence-corrected chi connectivity index (χ3v) is 1.47. The summed E-state index contributed by atoms with van der Waals surface area (Å²) in [6.07, 6.45) is 1.46. The van der Waals surface area contributed by atoms with Gasteiger partial charge in [0.1, 0.15) is 0 Å². The van der Waals surface area contributed by atoms with Crippen molar-refractivity contribution in [3.63, 3.8) is 0 Å². The van der Waals surface area contributed by atoms with E-state index in [1.165, 1.54) is 13.3 Å². The minimum atomic E-state index is 0.199. The second kappa shape index (κ2) is 3.36. The fraction of sp³-hybridized carbons (Fsp3) is 0.286. The minimum absolute atomic E-state index is 0.199. The van der Waals surface area contributed by atoms with Crippen molar-refractivity contribution in [1.29, 1.82) is 0 Å². The Labute approximate surface area is 79.1 Å². The Balaban J connectivity index is 2.33. The number of hydrogen-bond donors (Lipinski definition) is 0. The van der Waals surface area contributed by atoms with Crippen molar-refractivity contribution >= 4 is 0 Å². The lowest BCUT2D eigenvalue weighted by Gasteiger charge is -1.94. The molecule has 0 aromatic carbocycles. The summed E-state index contributed by atoms with van der Waals surface area (Å²) in [5.41, 5.74) is 0.423. The van der Waals surface area contributed by atoms with Crippen LogP contribution in [-0.2, 0) is 0 Å². The van der Waals surface area contributed by atoms with E-state index in [1.807, 2.05) is 0 Å². The summed E-state index contributed by atoms with van der Waals surface area (Å²) in [7, 11) is 1.47. The molecule has 2 rings (SSSR count). The van der Waals surface area contributed by atoms with Gasteiger partial charge in [-0.15, -0.1) is 5.10 Å². The van der Waals surface area contributed by atoms with Crippen molar-refractivity contribution in [3.05, 3.63) is 12.0 Å². The molecule has 7 nitrogen and oxygen atoms in total. The largest absolute Gasteiger partial charge is 0.466 e. The Morgan fingerprint density at radius 1 is 1.36 bits per heavy atom. The summed E-state index contributed by atoms with van der Waals surface area (Å²) < 4.78 is 9.64. The van der Waals surface area contributed by atoms with Gasteiger partial charge in [-0.2, -0.15) is 9.97 Å². The van der Waals surface area contributed by atoms with Gasteiger partial charge >= 0.3 is 6.01 Å². The number of aryl methyl sites for hydroxylation is 1. The van der Waals surface area contributed by atoms with E-state index in [1.54, 1.807) is 6.92 Å². The van der Waals surface area contributed by atoms with Gasteiger partial charge in [0.25, 0.3) is 5.89 Å². The third kappa shape index (κ3) is 1.51. The SMILES string of the molecule is COc1ncc(-c2nc(C)no2)nn1. The number of hydrogen-bond acceptors (Lipinski definition) is 7. The van der Waals surface area contributed by atoms with E-state index in [-0.39, 0.29) is 6.01 Å². The zero-order valence-electron chi connectivity index (χ0n) is 7.63. The highest BCUT2D eigenvalue weighted by Gasteiger charge is 2.09. The van der Waals surface area contributed by atoms with Crippen LogP contribution >= 0.6 is 0 Å². The molecule has 0 saturated heterocycles. The van der Waals surface area contributed by atoms with Crippen molar-refractivity contribution in [2.75, 3.05) is 7.11 Å². The van der Waals surface area contributed by atoms with Gasteiger partial charge in [-0.05, 0) is 6.92 Å². The first-order chi connectivity index (χ1) is 6.79. The molecular formula is C7H7N5O2. The molecule has 0 bridgehead atoms. The summed E-state index contributed by atoms with van der Waals surface area (Å²) in [5, 5.41) is 11.1. The van der Waals surface area contributed by atoms with E-state index in [4.69, 9.17) is 9.26 Å². The molecule has 0 N–H and O–H groups in total. The van der Waals surface area contributed by atoms with Crippen LogP contribution in [0.25, 0.3) is 11.6 Å². The minimum Gasteiger partial charge on any atom is -0.466 e. The van der Waals surface area contributed by atoms with Gasteiger partial charge in [0.05, 0.1) is 13.3 Å². The van der Waals surface area contributed by atoms with E-state index in [0.29, 0.717) is 17.4 Å². The fourth-order valence-corrected chi connectivity index (χ4v) is 0.857. The lowest BCUT2D eigenvalue weighted by Crippen LogP contribution is -1.95. The third-order valence-electron chi connectivity index (χ3n) is 1.47. The monoisotopic (exact) mass is 193 g/mol. The first-order valence-corrected chi connectivity index (χ1v) is 3.84. The van der Waals surface area contributed by atoms with Crippen LogP contribution in [0.4, 0.5) is 0 Å². The number of methoxy groups -OCH3 is 1. The number of rotatable bonds is 2. The summed E-state index contributed by atoms with van der Waals surface area (Å²) >= 11 is 0. The number of nitrogens with zero attached hydrogens (tertiary/aromatic N) is 5. The van der Waals surface area contributed by atoms with Crippen molar-refractivity contribution in [2.45, 2.75) is 6.92 Å². The molecule has 2 aromatic heterocycles. The highest BCUT2D eigenvalue weighted by Crippen LogP contribution is 2.12. The lowest BCUT2D eigenvalue weighted by atomic mass is 10.5. The molecule has 0 saturated carbocycles. The second-order valence-corrected chi connectivity index (χ2v) is 2.48. The predicted molar refractivity (Wildman–Crippen MR) is 44.4 cm³/mol. The second-order valence-electron chi connectivity index (χ2n) is 2.48. The molecule has 0 aliphatic carbocycles. The van der Waals surface area contributed by atoms with Crippen molar-refractivity contribution in [3.8, 4) is 17.6 Å². The molecular weight excluding hydrogens is 186 g/mol. The van der Waals surface area contributed by atoms with Crippen LogP contribution in [0, 0.1) is 6.92 Å². The lowest BCUT2D eigenvalue weighted by molar-refractivity contribution is 0.372. The molecule has 0 amide bonds. The molecule has 0 fully saturated rings. The van der Waals surface area contributed by atoms with Gasteiger partial charge in [0, 0.05) is 0 Å². The number of aromatic nitrogens is 5. The molecule has 0 aliphatic heterocycles. The molecule has 0 atom stereocenters. The molecule has 14 heavy (non-hydrogen) atoms. The van der Waals surface area contributed by atoms with E-state index in [9.17, 15) is 0 Å². The highest BCUT2D eigenvalue weighted by molar-refractivity contribution is 5.42. The summed E-state index contributed by atoms with van der Waals surface area (Å²) in [6.45, 7) is 1.72. The number of ether oxygens (including phenoxy) is 1. The Morgan fingerprint density at radius 3 is 2.71 bits per heavy atom. The summed E-state index contributed by atoms with van der Waals surface area (Å²) in [4.78, 5) is 7.83. The maximum absolute atomic E-state index is 4.88. The van der Waals surface area contributed by atoms with Crippen molar-refractivity contribution in [2.24, 2.45) is 0 Å². The van der Waals surface area contributed by atoms with Crippen LogP contribution < -0.4 is 4.74 Å². The Morgan fingerprint density at radius 2 is 2.21 bits per heavy atom. The Bertz CT molecular complexity index is 424. The Hall–Kier alpha value is -2.05. The summed E-state index contributed by atoms with van der Waals surface area (Å²) in [6, 6.07) is 0.199. The van der Waals surface area contributed by atoms with Crippen LogP contribution in [0.1, 0.15) is 5.82 Å². The van der Waals surface area contributed by atoms with Crippen LogP contribution in [-0.4, -0.2) is 32.4 Å². The zero-order chi connectivity index (χ0) is 9.97. The van der Waals surface area contributed by atoms with Crippen LogP contribution in [0.15, 0.2) is 10.7 Å². The van der Waals surface area contributed by atoms with Gasteiger partial charge in [-0.1, -0.05) is 10.3 Å². The molecule has 0 unspecified atom stereocenters. The van der Waals surface area contributed by atoms with Crippen LogP contribution in [0.5, 0.6) is 6.01 Å². The van der Waals surface area contributed by atoms with E-state index >= 15 is 0 Å². The van der Waals surface area contributed by atoms with Crippen molar-refractivity contribution < 1.29 is 9.26 Å². The topological polar surface area (TPSA) is 86.8 Å². The van der Waals surface area contributed by atoms with Gasteiger partial charge in [0.2, 0.25) is 0 Å². The van der Waals surface area contributed by atoms with Gasteiger partial charge in [0.15, 0.2) is 11.5 Å².